The Kier molecular flexibility index (Phi) is 7.00. The van der Waals surface area contributed by atoms with Crippen LogP contribution in [0.25, 0.3) is 10.9 Å². The van der Waals surface area contributed by atoms with Crippen LogP contribution in [-0.2, 0) is 14.3 Å². The molecule has 1 saturated heterocycles. The van der Waals surface area contributed by atoms with E-state index in [0.29, 0.717) is 24.2 Å². The fourth-order valence-electron chi connectivity index (χ4n) is 4.42. The molecular weight excluding hydrogens is 444 g/mol. The molecule has 2 aromatic carbocycles. The van der Waals surface area contributed by atoms with Gasteiger partial charge in [-0.15, -0.1) is 0 Å². The summed E-state index contributed by atoms with van der Waals surface area (Å²) in [4.78, 5) is 44.8. The zero-order chi connectivity index (χ0) is 25.0. The molecule has 1 fully saturated rings. The van der Waals surface area contributed by atoms with E-state index in [2.05, 4.69) is 15.6 Å². The van der Waals surface area contributed by atoms with Crippen molar-refractivity contribution in [2.75, 3.05) is 18.4 Å². The van der Waals surface area contributed by atoms with Gasteiger partial charge in [0.15, 0.2) is 0 Å². The van der Waals surface area contributed by atoms with Crippen LogP contribution in [0.2, 0.25) is 0 Å². The van der Waals surface area contributed by atoms with E-state index < -0.39 is 17.7 Å². The molecule has 2 atom stereocenters. The van der Waals surface area contributed by atoms with E-state index in [-0.39, 0.29) is 24.3 Å². The van der Waals surface area contributed by atoms with Crippen molar-refractivity contribution in [1.29, 1.82) is 0 Å². The molecule has 182 valence electrons. The summed E-state index contributed by atoms with van der Waals surface area (Å²) in [5.74, 6) is -0.810. The molecule has 0 saturated carbocycles. The molecule has 3 amide bonds. The molecule has 3 aromatic rings. The second-order valence-electron chi connectivity index (χ2n) is 9.56. The van der Waals surface area contributed by atoms with Crippen LogP contribution >= 0.6 is 0 Å². The highest BCUT2D eigenvalue weighted by atomic mass is 16.6. The van der Waals surface area contributed by atoms with Gasteiger partial charge in [-0.3, -0.25) is 14.6 Å². The number of pyridine rings is 1. The molecule has 1 aliphatic heterocycles. The molecule has 0 radical (unpaired) electrons. The third-order valence-electron chi connectivity index (χ3n) is 5.89. The minimum absolute atomic E-state index is 0.176. The predicted molar refractivity (Wildman–Crippen MR) is 134 cm³/mol. The Morgan fingerprint density at radius 3 is 2.51 bits per heavy atom. The zero-order valence-electron chi connectivity index (χ0n) is 20.2. The summed E-state index contributed by atoms with van der Waals surface area (Å²) in [5.41, 5.74) is 1.58. The number of fused-ring (bicyclic) bond motifs is 1. The van der Waals surface area contributed by atoms with Gasteiger partial charge in [-0.1, -0.05) is 48.5 Å². The minimum Gasteiger partial charge on any atom is -0.444 e. The van der Waals surface area contributed by atoms with E-state index in [0.717, 1.165) is 10.9 Å². The molecule has 1 aromatic heterocycles. The summed E-state index contributed by atoms with van der Waals surface area (Å²) in [7, 11) is 0. The molecule has 8 nitrogen and oxygen atoms in total. The number of para-hydroxylation sites is 1. The number of hydrogen-bond donors (Lipinski definition) is 2. The van der Waals surface area contributed by atoms with Crippen molar-refractivity contribution in [2.24, 2.45) is 0 Å². The average molecular weight is 475 g/mol. The molecule has 1 aliphatic rings. The van der Waals surface area contributed by atoms with Gasteiger partial charge in [0.1, 0.15) is 18.2 Å². The van der Waals surface area contributed by atoms with Crippen molar-refractivity contribution in [3.05, 3.63) is 72.4 Å². The van der Waals surface area contributed by atoms with Gasteiger partial charge >= 0.3 is 6.09 Å². The predicted octanol–water partition coefficient (Wildman–Crippen LogP) is 4.08. The molecule has 2 heterocycles. The quantitative estimate of drug-likeness (QED) is 0.580. The lowest BCUT2D eigenvalue weighted by atomic mass is 9.91. The maximum Gasteiger partial charge on any atom is 0.408 e. The number of amides is 3. The molecule has 8 heteroatoms. The number of ether oxygens (including phenoxy) is 1. The summed E-state index contributed by atoms with van der Waals surface area (Å²) < 4.78 is 5.23. The highest BCUT2D eigenvalue weighted by Crippen LogP contribution is 2.35. The van der Waals surface area contributed by atoms with Crippen LogP contribution in [0.5, 0.6) is 0 Å². The van der Waals surface area contributed by atoms with E-state index in [1.165, 1.54) is 0 Å². The molecule has 0 aliphatic carbocycles. The van der Waals surface area contributed by atoms with Crippen LogP contribution in [0.4, 0.5) is 10.5 Å². The van der Waals surface area contributed by atoms with Gasteiger partial charge in [0.05, 0.1) is 11.2 Å². The fraction of sp³-hybridized carbons (Fsp3) is 0.333. The summed E-state index contributed by atoms with van der Waals surface area (Å²) >= 11 is 0. The molecule has 2 N–H and O–H groups in total. The van der Waals surface area contributed by atoms with Crippen molar-refractivity contribution in [2.45, 2.75) is 44.8 Å². The Morgan fingerprint density at radius 2 is 1.77 bits per heavy atom. The molecular formula is C27H30N4O4. The Hall–Kier alpha value is -3.94. The first-order chi connectivity index (χ1) is 16.7. The van der Waals surface area contributed by atoms with Crippen LogP contribution in [0.3, 0.4) is 0 Å². The summed E-state index contributed by atoms with van der Waals surface area (Å²) in [6, 6.07) is 18.3. The van der Waals surface area contributed by atoms with Crippen LogP contribution in [0.1, 0.15) is 38.7 Å². The van der Waals surface area contributed by atoms with Crippen LogP contribution in [0, 0.1) is 0 Å². The van der Waals surface area contributed by atoms with Crippen molar-refractivity contribution in [3.63, 3.8) is 0 Å². The number of benzene rings is 2. The number of rotatable bonds is 5. The zero-order valence-corrected chi connectivity index (χ0v) is 20.2. The lowest BCUT2D eigenvalue weighted by Crippen LogP contribution is -2.49. The second kappa shape index (κ2) is 10.1. The first-order valence-electron chi connectivity index (χ1n) is 11.7. The largest absolute Gasteiger partial charge is 0.444 e. The Labute approximate surface area is 204 Å². The molecule has 4 rings (SSSR count). The van der Waals surface area contributed by atoms with Gasteiger partial charge in [0.2, 0.25) is 11.8 Å². The maximum atomic E-state index is 13.6. The first-order valence-corrected chi connectivity index (χ1v) is 11.7. The maximum absolute atomic E-state index is 13.6. The summed E-state index contributed by atoms with van der Waals surface area (Å²) in [5, 5.41) is 6.42. The van der Waals surface area contributed by atoms with Gasteiger partial charge < -0.3 is 20.3 Å². The highest BCUT2D eigenvalue weighted by molar-refractivity contribution is 6.04. The Balaban J connectivity index is 1.56. The third kappa shape index (κ3) is 5.77. The number of carbonyl (C=O) groups is 3. The van der Waals surface area contributed by atoms with Gasteiger partial charge in [-0.25, -0.2) is 4.79 Å². The molecule has 0 spiro atoms. The number of nitrogens with one attached hydrogen (secondary N) is 2. The normalized spacial score (nSPS) is 17.7. The molecule has 35 heavy (non-hydrogen) atoms. The Bertz CT molecular complexity index is 1220. The van der Waals surface area contributed by atoms with Gasteiger partial charge in [-0.05, 0) is 44.9 Å². The van der Waals surface area contributed by atoms with E-state index in [1.807, 2.05) is 54.6 Å². The number of nitrogens with zero attached hydrogens (tertiary/aromatic N) is 2. The topological polar surface area (TPSA) is 101 Å². The lowest BCUT2D eigenvalue weighted by Gasteiger charge is -2.28. The smallest absolute Gasteiger partial charge is 0.408 e. The van der Waals surface area contributed by atoms with E-state index in [4.69, 9.17) is 4.74 Å². The number of hydrogen-bond acceptors (Lipinski definition) is 5. The standard InChI is InChI=1S/C27H30N4O4/c1-27(2,3)35-26(34)29-17-22(32)31-16-14-20(18-9-5-4-6-10-18)24(31)25(33)30-21-13-7-11-19-12-8-15-28-23(19)21/h4-13,15,20,24H,14,16-17H2,1-3H3,(H,29,34)(H,30,33). The van der Waals surface area contributed by atoms with Crippen LogP contribution < -0.4 is 10.6 Å². The van der Waals surface area contributed by atoms with Gasteiger partial charge in [-0.2, -0.15) is 0 Å². The minimum atomic E-state index is -0.732. The lowest BCUT2D eigenvalue weighted by molar-refractivity contribution is -0.136. The third-order valence-corrected chi connectivity index (χ3v) is 5.89. The monoisotopic (exact) mass is 474 g/mol. The van der Waals surface area contributed by atoms with E-state index in [1.54, 1.807) is 37.9 Å². The second-order valence-corrected chi connectivity index (χ2v) is 9.56. The Morgan fingerprint density at radius 1 is 1.03 bits per heavy atom. The number of anilines is 1. The van der Waals surface area contributed by atoms with Gasteiger partial charge in [0, 0.05) is 24.0 Å². The first kappa shape index (κ1) is 24.2. The van der Waals surface area contributed by atoms with Crippen molar-refractivity contribution in [1.82, 2.24) is 15.2 Å². The fourth-order valence-corrected chi connectivity index (χ4v) is 4.42. The SMILES string of the molecule is CC(C)(C)OC(=O)NCC(=O)N1CCC(c2ccccc2)C1C(=O)Nc1cccc2cccnc12. The van der Waals surface area contributed by atoms with Crippen molar-refractivity contribution < 1.29 is 19.1 Å². The summed E-state index contributed by atoms with van der Waals surface area (Å²) in [6.07, 6.45) is 1.64. The number of alkyl carbamates (subject to hydrolysis) is 1. The number of carbonyl (C=O) groups excluding carboxylic acids is 3. The van der Waals surface area contributed by atoms with Crippen LogP contribution in [0.15, 0.2) is 66.9 Å². The van der Waals surface area contributed by atoms with Crippen molar-refractivity contribution in [3.8, 4) is 0 Å². The highest BCUT2D eigenvalue weighted by Gasteiger charge is 2.42. The summed E-state index contributed by atoms with van der Waals surface area (Å²) in [6.45, 7) is 5.40. The van der Waals surface area contributed by atoms with Gasteiger partial charge in [0.25, 0.3) is 0 Å². The van der Waals surface area contributed by atoms with E-state index in [9.17, 15) is 14.4 Å². The van der Waals surface area contributed by atoms with Crippen molar-refractivity contribution >= 4 is 34.5 Å². The average Bonchev–Trinajstić information content (AvgIpc) is 3.28. The van der Waals surface area contributed by atoms with E-state index >= 15 is 0 Å². The van der Waals surface area contributed by atoms with Crippen LogP contribution in [-0.4, -0.2) is 52.5 Å². The molecule has 2 unspecified atom stereocenters. The molecule has 0 bridgehead atoms. The number of likely N-dealkylation sites (tertiary alicyclic amines) is 1. The number of aromatic nitrogens is 1.